The summed E-state index contributed by atoms with van der Waals surface area (Å²) in [7, 11) is 0. The Kier molecular flexibility index (Phi) is 6.91. The van der Waals surface area contributed by atoms with Gasteiger partial charge in [0.05, 0.1) is 6.54 Å². The Labute approximate surface area is 202 Å². The maximum atomic E-state index is 12.8. The van der Waals surface area contributed by atoms with Crippen molar-refractivity contribution >= 4 is 41.1 Å². The Morgan fingerprint density at radius 2 is 1.82 bits per heavy atom. The number of nitrogens with one attached hydrogen (secondary N) is 2. The highest BCUT2D eigenvalue weighted by atomic mass is 35.5. The van der Waals surface area contributed by atoms with Gasteiger partial charge >= 0.3 is 0 Å². The number of benzene rings is 3. The Morgan fingerprint density at radius 1 is 1.03 bits per heavy atom. The van der Waals surface area contributed by atoms with Crippen molar-refractivity contribution in [2.24, 2.45) is 0 Å². The summed E-state index contributed by atoms with van der Waals surface area (Å²) in [4.78, 5) is 12.8. The van der Waals surface area contributed by atoms with Crippen molar-refractivity contribution in [2.75, 3.05) is 10.6 Å². The fourth-order valence-corrected chi connectivity index (χ4v) is 3.99. The standard InChI is InChI=1S/C25H24ClN5OS/c1-17-11-12-18(2)22(13-17)28-24(32)16-30-25(33)31(21-9-4-3-5-10-21)23(29-30)15-27-20-8-6-7-19(26)14-20/h3-14,27H,15-16H2,1-2H3,(H,28,32). The van der Waals surface area contributed by atoms with E-state index in [4.69, 9.17) is 23.8 Å². The summed E-state index contributed by atoms with van der Waals surface area (Å²) in [5, 5.41) is 11.6. The lowest BCUT2D eigenvalue weighted by Crippen LogP contribution is -2.20. The summed E-state index contributed by atoms with van der Waals surface area (Å²) >= 11 is 11.8. The minimum Gasteiger partial charge on any atom is -0.378 e. The molecule has 0 unspecified atom stereocenters. The highest BCUT2D eigenvalue weighted by molar-refractivity contribution is 7.71. The summed E-state index contributed by atoms with van der Waals surface area (Å²) in [6.45, 7) is 4.37. The number of halogens is 1. The van der Waals surface area contributed by atoms with Crippen molar-refractivity contribution in [1.29, 1.82) is 0 Å². The van der Waals surface area contributed by atoms with Crippen LogP contribution in [-0.4, -0.2) is 20.3 Å². The molecule has 2 N–H and O–H groups in total. The second-order valence-electron chi connectivity index (χ2n) is 7.76. The monoisotopic (exact) mass is 477 g/mol. The fraction of sp³-hybridized carbons (Fsp3) is 0.160. The van der Waals surface area contributed by atoms with Gasteiger partial charge in [0.15, 0.2) is 5.82 Å². The fourth-order valence-electron chi connectivity index (χ4n) is 3.48. The molecule has 4 aromatic rings. The average molecular weight is 478 g/mol. The molecular formula is C25H24ClN5OS. The molecule has 0 aliphatic rings. The van der Waals surface area contributed by atoms with Crippen molar-refractivity contribution in [3.8, 4) is 5.69 Å². The Morgan fingerprint density at radius 3 is 2.58 bits per heavy atom. The lowest BCUT2D eigenvalue weighted by atomic mass is 10.1. The summed E-state index contributed by atoms with van der Waals surface area (Å²) in [6, 6.07) is 23.2. The minimum atomic E-state index is -0.188. The van der Waals surface area contributed by atoms with E-state index in [9.17, 15) is 4.79 Å². The zero-order valence-electron chi connectivity index (χ0n) is 18.4. The summed E-state index contributed by atoms with van der Waals surface area (Å²) in [5.41, 5.74) is 4.62. The Bertz CT molecular complexity index is 1350. The van der Waals surface area contributed by atoms with E-state index in [1.165, 1.54) is 0 Å². The summed E-state index contributed by atoms with van der Waals surface area (Å²) < 4.78 is 3.87. The second-order valence-corrected chi connectivity index (χ2v) is 8.56. The SMILES string of the molecule is Cc1ccc(C)c(NC(=O)Cn2nc(CNc3cccc(Cl)c3)n(-c3ccccc3)c2=S)c1. The van der Waals surface area contributed by atoms with Gasteiger partial charge in [-0.1, -0.05) is 48.0 Å². The van der Waals surface area contributed by atoms with E-state index in [2.05, 4.69) is 15.7 Å². The van der Waals surface area contributed by atoms with Crippen LogP contribution in [-0.2, 0) is 17.9 Å². The molecule has 0 saturated heterocycles. The van der Waals surface area contributed by atoms with Gasteiger partial charge in [0.25, 0.3) is 0 Å². The topological polar surface area (TPSA) is 63.9 Å². The highest BCUT2D eigenvalue weighted by Crippen LogP contribution is 2.19. The van der Waals surface area contributed by atoms with Crippen LogP contribution >= 0.6 is 23.8 Å². The van der Waals surface area contributed by atoms with Crippen LogP contribution in [0.5, 0.6) is 0 Å². The number of rotatable bonds is 7. The quantitative estimate of drug-likeness (QED) is 0.324. The molecule has 1 heterocycles. The van der Waals surface area contributed by atoms with Crippen molar-refractivity contribution in [1.82, 2.24) is 14.3 Å². The maximum absolute atomic E-state index is 12.8. The largest absolute Gasteiger partial charge is 0.378 e. The molecule has 33 heavy (non-hydrogen) atoms. The first kappa shape index (κ1) is 22.8. The Balaban J connectivity index is 1.61. The van der Waals surface area contributed by atoms with Crippen LogP contribution in [0.3, 0.4) is 0 Å². The highest BCUT2D eigenvalue weighted by Gasteiger charge is 2.15. The van der Waals surface area contributed by atoms with Crippen LogP contribution in [0.1, 0.15) is 17.0 Å². The molecule has 6 nitrogen and oxygen atoms in total. The molecular weight excluding hydrogens is 454 g/mol. The van der Waals surface area contributed by atoms with Gasteiger partial charge in [-0.05, 0) is 73.6 Å². The molecule has 0 aliphatic heterocycles. The first-order valence-corrected chi connectivity index (χ1v) is 11.3. The van der Waals surface area contributed by atoms with Crippen LogP contribution in [0, 0.1) is 18.6 Å². The molecule has 0 aliphatic carbocycles. The first-order chi connectivity index (χ1) is 15.9. The zero-order chi connectivity index (χ0) is 23.4. The van der Waals surface area contributed by atoms with Gasteiger partial charge in [0.2, 0.25) is 10.7 Å². The molecule has 1 aromatic heterocycles. The molecule has 0 spiro atoms. The summed E-state index contributed by atoms with van der Waals surface area (Å²) in [5.74, 6) is 0.498. The van der Waals surface area contributed by atoms with Gasteiger partial charge in [-0.3, -0.25) is 9.36 Å². The van der Waals surface area contributed by atoms with Crippen LogP contribution < -0.4 is 10.6 Å². The number of para-hydroxylation sites is 1. The molecule has 3 aromatic carbocycles. The van der Waals surface area contributed by atoms with Gasteiger partial charge < -0.3 is 10.6 Å². The van der Waals surface area contributed by atoms with E-state index < -0.39 is 0 Å². The van der Waals surface area contributed by atoms with Crippen molar-refractivity contribution in [3.63, 3.8) is 0 Å². The number of hydrogen-bond donors (Lipinski definition) is 2. The lowest BCUT2D eigenvalue weighted by Gasteiger charge is -2.09. The summed E-state index contributed by atoms with van der Waals surface area (Å²) in [6.07, 6.45) is 0. The van der Waals surface area contributed by atoms with E-state index in [-0.39, 0.29) is 12.5 Å². The van der Waals surface area contributed by atoms with E-state index in [1.807, 2.05) is 91.2 Å². The third-order valence-corrected chi connectivity index (χ3v) is 5.78. The van der Waals surface area contributed by atoms with Gasteiger partial charge in [-0.25, -0.2) is 4.68 Å². The third kappa shape index (κ3) is 5.50. The molecule has 0 bridgehead atoms. The van der Waals surface area contributed by atoms with Crippen molar-refractivity contribution < 1.29 is 4.79 Å². The zero-order valence-corrected chi connectivity index (χ0v) is 20.0. The number of anilines is 2. The predicted molar refractivity (Wildman–Crippen MR) is 136 cm³/mol. The van der Waals surface area contributed by atoms with E-state index in [0.29, 0.717) is 22.2 Å². The van der Waals surface area contributed by atoms with Crippen LogP contribution in [0.25, 0.3) is 5.69 Å². The molecule has 0 radical (unpaired) electrons. The predicted octanol–water partition coefficient (Wildman–Crippen LogP) is 5.92. The molecule has 0 saturated carbocycles. The van der Waals surface area contributed by atoms with E-state index >= 15 is 0 Å². The van der Waals surface area contributed by atoms with E-state index in [0.717, 1.165) is 28.2 Å². The number of carbonyl (C=O) groups is 1. The molecule has 0 fully saturated rings. The van der Waals surface area contributed by atoms with Crippen LogP contribution in [0.4, 0.5) is 11.4 Å². The van der Waals surface area contributed by atoms with E-state index in [1.54, 1.807) is 4.68 Å². The Hall–Kier alpha value is -3.42. The number of amides is 1. The number of aromatic nitrogens is 3. The number of carbonyl (C=O) groups excluding carboxylic acids is 1. The molecule has 0 atom stereocenters. The van der Waals surface area contributed by atoms with Crippen molar-refractivity contribution in [2.45, 2.75) is 26.9 Å². The maximum Gasteiger partial charge on any atom is 0.246 e. The molecule has 168 valence electrons. The second kappa shape index (κ2) is 10.0. The third-order valence-electron chi connectivity index (χ3n) is 5.16. The average Bonchev–Trinajstić information content (AvgIpc) is 3.10. The molecule has 4 rings (SSSR count). The van der Waals surface area contributed by atoms with Gasteiger partial charge in [-0.15, -0.1) is 0 Å². The lowest BCUT2D eigenvalue weighted by molar-refractivity contribution is -0.116. The normalized spacial score (nSPS) is 10.8. The first-order valence-electron chi connectivity index (χ1n) is 10.5. The molecule has 1 amide bonds. The number of aryl methyl sites for hydroxylation is 2. The minimum absolute atomic E-state index is 0.0101. The van der Waals surface area contributed by atoms with Gasteiger partial charge in [0.1, 0.15) is 6.54 Å². The smallest absolute Gasteiger partial charge is 0.246 e. The number of nitrogens with zero attached hydrogens (tertiary/aromatic N) is 3. The number of hydrogen-bond acceptors (Lipinski definition) is 4. The van der Waals surface area contributed by atoms with Gasteiger partial charge in [0, 0.05) is 22.1 Å². The van der Waals surface area contributed by atoms with Crippen LogP contribution in [0.15, 0.2) is 72.8 Å². The molecule has 8 heteroatoms. The van der Waals surface area contributed by atoms with Gasteiger partial charge in [-0.2, -0.15) is 5.10 Å². The van der Waals surface area contributed by atoms with Crippen LogP contribution in [0.2, 0.25) is 5.02 Å². The van der Waals surface area contributed by atoms with Crippen molar-refractivity contribution in [3.05, 3.63) is 99.5 Å².